The van der Waals surface area contributed by atoms with Crippen LogP contribution in [0.4, 0.5) is 18.0 Å². The first-order valence-corrected chi connectivity index (χ1v) is 5.88. The van der Waals surface area contributed by atoms with Crippen LogP contribution in [-0.4, -0.2) is 18.8 Å². The maximum Gasteiger partial charge on any atom is 0.407 e. The highest BCUT2D eigenvalue weighted by Gasteiger charge is 2.29. The second-order valence-electron chi connectivity index (χ2n) is 4.37. The normalized spacial score (nSPS) is 12.8. The zero-order valence-corrected chi connectivity index (χ0v) is 10.5. The zero-order chi connectivity index (χ0) is 14.3. The van der Waals surface area contributed by atoms with Gasteiger partial charge in [0.25, 0.3) is 0 Å². The van der Waals surface area contributed by atoms with Gasteiger partial charge in [-0.05, 0) is 11.5 Å². The Bertz CT molecular complexity index is 393. The third kappa shape index (κ3) is 7.33. The summed E-state index contributed by atoms with van der Waals surface area (Å²) >= 11 is 0. The van der Waals surface area contributed by atoms with E-state index in [0.717, 1.165) is 5.56 Å². The lowest BCUT2D eigenvalue weighted by Gasteiger charge is -2.14. The molecule has 0 aliphatic rings. The van der Waals surface area contributed by atoms with Gasteiger partial charge in [0, 0.05) is 13.0 Å². The van der Waals surface area contributed by atoms with Gasteiger partial charge in [0.2, 0.25) is 0 Å². The van der Waals surface area contributed by atoms with E-state index in [2.05, 4.69) is 5.32 Å². The van der Waals surface area contributed by atoms with E-state index in [1.165, 1.54) is 6.92 Å². The highest BCUT2D eigenvalue weighted by Crippen LogP contribution is 2.24. The fraction of sp³-hybridized carbons (Fsp3) is 0.462. The van der Waals surface area contributed by atoms with E-state index in [1.807, 2.05) is 18.2 Å². The summed E-state index contributed by atoms with van der Waals surface area (Å²) in [5, 5.41) is 2.31. The summed E-state index contributed by atoms with van der Waals surface area (Å²) < 4.78 is 41.0. The molecule has 0 heterocycles. The molecule has 0 saturated heterocycles. The van der Waals surface area contributed by atoms with E-state index in [0.29, 0.717) is 0 Å². The molecule has 19 heavy (non-hydrogen) atoms. The van der Waals surface area contributed by atoms with Gasteiger partial charge in [-0.1, -0.05) is 37.3 Å². The number of alkyl halides is 3. The van der Waals surface area contributed by atoms with E-state index >= 15 is 0 Å². The van der Waals surface area contributed by atoms with Crippen molar-refractivity contribution >= 4 is 6.09 Å². The van der Waals surface area contributed by atoms with Gasteiger partial charge in [0.1, 0.15) is 6.61 Å². The molecule has 0 fully saturated rings. The van der Waals surface area contributed by atoms with Crippen LogP contribution in [0.2, 0.25) is 0 Å². The van der Waals surface area contributed by atoms with Crippen LogP contribution in [0.3, 0.4) is 0 Å². The topological polar surface area (TPSA) is 38.3 Å². The summed E-state index contributed by atoms with van der Waals surface area (Å²) in [6.45, 7) is 1.46. The van der Waals surface area contributed by atoms with Gasteiger partial charge in [0.15, 0.2) is 0 Å². The molecule has 1 amide bonds. The molecule has 0 spiro atoms. The molecule has 1 N–H and O–H groups in total. The molecule has 0 aliphatic heterocycles. The van der Waals surface area contributed by atoms with Crippen molar-refractivity contribution in [2.75, 3.05) is 6.54 Å². The summed E-state index contributed by atoms with van der Waals surface area (Å²) in [7, 11) is 0. The molecule has 6 heteroatoms. The Hall–Kier alpha value is -1.72. The van der Waals surface area contributed by atoms with Crippen LogP contribution in [0, 0.1) is 5.92 Å². The number of alkyl carbamates (subject to hydrolysis) is 1. The molecular weight excluding hydrogens is 259 g/mol. The number of carbonyl (C=O) groups excluding carboxylic acids is 1. The molecule has 106 valence electrons. The number of hydrogen-bond donors (Lipinski definition) is 1. The largest absolute Gasteiger partial charge is 0.445 e. The third-order valence-electron chi connectivity index (χ3n) is 2.39. The van der Waals surface area contributed by atoms with Crippen LogP contribution < -0.4 is 5.32 Å². The Morgan fingerprint density at radius 1 is 1.32 bits per heavy atom. The summed E-state index contributed by atoms with van der Waals surface area (Å²) in [5.74, 6) is -0.677. The predicted octanol–water partition coefficient (Wildman–Crippen LogP) is 3.50. The van der Waals surface area contributed by atoms with E-state index in [1.54, 1.807) is 12.1 Å². The molecule has 3 nitrogen and oxygen atoms in total. The summed E-state index contributed by atoms with van der Waals surface area (Å²) in [6.07, 6.45) is -5.85. The summed E-state index contributed by atoms with van der Waals surface area (Å²) in [5.41, 5.74) is 0.820. The summed E-state index contributed by atoms with van der Waals surface area (Å²) in [6, 6.07) is 9.03. The predicted molar refractivity (Wildman–Crippen MR) is 64.5 cm³/mol. The molecular formula is C13H16F3NO2. The quantitative estimate of drug-likeness (QED) is 0.893. The van der Waals surface area contributed by atoms with Crippen LogP contribution in [-0.2, 0) is 11.3 Å². The van der Waals surface area contributed by atoms with Crippen molar-refractivity contribution in [1.82, 2.24) is 5.32 Å². The Balaban J connectivity index is 2.21. The molecule has 0 radical (unpaired) electrons. The summed E-state index contributed by atoms with van der Waals surface area (Å²) in [4.78, 5) is 11.3. The lowest BCUT2D eigenvalue weighted by molar-refractivity contribution is -0.142. The van der Waals surface area contributed by atoms with Crippen molar-refractivity contribution in [3.63, 3.8) is 0 Å². The number of nitrogens with one attached hydrogen (secondary N) is 1. The van der Waals surface area contributed by atoms with Crippen LogP contribution in [0.15, 0.2) is 30.3 Å². The van der Waals surface area contributed by atoms with Crippen LogP contribution in [0.1, 0.15) is 18.9 Å². The number of hydrogen-bond acceptors (Lipinski definition) is 2. The van der Waals surface area contributed by atoms with Crippen molar-refractivity contribution < 1.29 is 22.7 Å². The fourth-order valence-electron chi connectivity index (χ4n) is 1.50. The average Bonchev–Trinajstić information content (AvgIpc) is 2.33. The molecule has 0 saturated carbocycles. The first kappa shape index (κ1) is 15.3. The van der Waals surface area contributed by atoms with Gasteiger partial charge in [-0.2, -0.15) is 13.2 Å². The Morgan fingerprint density at radius 3 is 2.53 bits per heavy atom. The van der Waals surface area contributed by atoms with Gasteiger partial charge in [-0.15, -0.1) is 0 Å². The van der Waals surface area contributed by atoms with Crippen molar-refractivity contribution in [3.05, 3.63) is 35.9 Å². The molecule has 1 aromatic carbocycles. The van der Waals surface area contributed by atoms with Crippen LogP contribution in [0.25, 0.3) is 0 Å². The minimum atomic E-state index is -4.21. The number of benzene rings is 1. The lowest BCUT2D eigenvalue weighted by Crippen LogP contribution is -2.30. The van der Waals surface area contributed by atoms with Crippen molar-refractivity contribution in [2.45, 2.75) is 26.1 Å². The Labute approximate surface area is 109 Å². The van der Waals surface area contributed by atoms with Gasteiger partial charge in [0.05, 0.1) is 0 Å². The monoisotopic (exact) mass is 275 g/mol. The van der Waals surface area contributed by atoms with Gasteiger partial charge >= 0.3 is 12.3 Å². The highest BCUT2D eigenvalue weighted by molar-refractivity contribution is 5.67. The highest BCUT2D eigenvalue weighted by atomic mass is 19.4. The van der Waals surface area contributed by atoms with Gasteiger partial charge in [-0.25, -0.2) is 4.79 Å². The second-order valence-corrected chi connectivity index (χ2v) is 4.37. The molecule has 1 aromatic rings. The second kappa shape index (κ2) is 7.01. The minimum absolute atomic E-state index is 0.0624. The van der Waals surface area contributed by atoms with Gasteiger partial charge in [-0.3, -0.25) is 0 Å². The number of ether oxygens (including phenoxy) is 1. The molecule has 0 bridgehead atoms. The zero-order valence-electron chi connectivity index (χ0n) is 10.5. The maximum absolute atomic E-state index is 12.1. The fourth-order valence-corrected chi connectivity index (χ4v) is 1.50. The molecule has 0 aromatic heterocycles. The first-order chi connectivity index (χ1) is 8.87. The Morgan fingerprint density at radius 2 is 1.95 bits per heavy atom. The number of rotatable bonds is 5. The van der Waals surface area contributed by atoms with E-state index < -0.39 is 24.6 Å². The van der Waals surface area contributed by atoms with E-state index in [-0.39, 0.29) is 13.2 Å². The number of amides is 1. The molecule has 1 rings (SSSR count). The average molecular weight is 275 g/mol. The van der Waals surface area contributed by atoms with E-state index in [9.17, 15) is 18.0 Å². The Kier molecular flexibility index (Phi) is 5.66. The van der Waals surface area contributed by atoms with Crippen molar-refractivity contribution in [3.8, 4) is 0 Å². The smallest absolute Gasteiger partial charge is 0.407 e. The van der Waals surface area contributed by atoms with Crippen molar-refractivity contribution in [2.24, 2.45) is 5.92 Å². The lowest BCUT2D eigenvalue weighted by atomic mass is 10.1. The van der Waals surface area contributed by atoms with Crippen LogP contribution >= 0.6 is 0 Å². The third-order valence-corrected chi connectivity index (χ3v) is 2.39. The first-order valence-electron chi connectivity index (χ1n) is 5.88. The maximum atomic E-state index is 12.1. The molecule has 0 aliphatic carbocycles. The van der Waals surface area contributed by atoms with Crippen molar-refractivity contribution in [1.29, 1.82) is 0 Å². The number of halogens is 3. The van der Waals surface area contributed by atoms with E-state index in [4.69, 9.17) is 4.74 Å². The minimum Gasteiger partial charge on any atom is -0.445 e. The molecule has 1 unspecified atom stereocenters. The van der Waals surface area contributed by atoms with Crippen LogP contribution in [0.5, 0.6) is 0 Å². The number of carbonyl (C=O) groups is 1. The molecule has 1 atom stereocenters. The SMILES string of the molecule is CC(CNC(=O)OCc1ccccc1)CC(F)(F)F. The van der Waals surface area contributed by atoms with Gasteiger partial charge < -0.3 is 10.1 Å². The standard InChI is InChI=1S/C13H16F3NO2/c1-10(7-13(14,15)16)8-17-12(18)19-9-11-5-3-2-4-6-11/h2-6,10H,7-9H2,1H3,(H,17,18).